The first-order valence-electron chi connectivity index (χ1n) is 7.50. The molecular formula is C16H26ClN3. The van der Waals surface area contributed by atoms with Crippen LogP contribution in [-0.2, 0) is 0 Å². The minimum Gasteiger partial charge on any atom is -0.324 e. The summed E-state index contributed by atoms with van der Waals surface area (Å²) in [7, 11) is 2.20. The number of halogens is 1. The lowest BCUT2D eigenvalue weighted by atomic mass is 10.0. The molecule has 0 aliphatic carbocycles. The molecule has 1 heterocycles. The van der Waals surface area contributed by atoms with Gasteiger partial charge in [0, 0.05) is 30.2 Å². The Labute approximate surface area is 127 Å². The van der Waals surface area contributed by atoms with Crippen molar-refractivity contribution < 1.29 is 0 Å². The van der Waals surface area contributed by atoms with Gasteiger partial charge in [-0.25, -0.2) is 0 Å². The van der Waals surface area contributed by atoms with Crippen LogP contribution < -0.4 is 5.73 Å². The lowest BCUT2D eigenvalue weighted by Gasteiger charge is -2.29. The number of benzene rings is 1. The van der Waals surface area contributed by atoms with E-state index in [9.17, 15) is 0 Å². The van der Waals surface area contributed by atoms with Crippen molar-refractivity contribution in [2.45, 2.75) is 31.8 Å². The third-order valence-corrected chi connectivity index (χ3v) is 4.56. The number of nitrogens with zero attached hydrogens (tertiary/aromatic N) is 2. The zero-order valence-corrected chi connectivity index (χ0v) is 13.3. The molecule has 2 N–H and O–H groups in total. The van der Waals surface area contributed by atoms with Crippen LogP contribution in [0.4, 0.5) is 0 Å². The van der Waals surface area contributed by atoms with Gasteiger partial charge in [-0.1, -0.05) is 29.8 Å². The number of likely N-dealkylation sites (N-methyl/N-ethyl adjacent to an activating group) is 1. The molecule has 0 saturated carbocycles. The van der Waals surface area contributed by atoms with Gasteiger partial charge in [-0.3, -0.25) is 4.90 Å². The second-order valence-electron chi connectivity index (χ2n) is 5.92. The Morgan fingerprint density at radius 2 is 2.10 bits per heavy atom. The number of hydrogen-bond acceptors (Lipinski definition) is 3. The smallest absolute Gasteiger partial charge is 0.0453 e. The maximum absolute atomic E-state index is 6.30. The summed E-state index contributed by atoms with van der Waals surface area (Å²) >= 11 is 6.21. The quantitative estimate of drug-likeness (QED) is 0.927. The predicted molar refractivity (Wildman–Crippen MR) is 86.1 cm³/mol. The van der Waals surface area contributed by atoms with Crippen LogP contribution in [0.1, 0.15) is 31.4 Å². The molecule has 1 aliphatic rings. The van der Waals surface area contributed by atoms with E-state index in [0.717, 1.165) is 30.1 Å². The molecule has 2 rings (SSSR count). The molecule has 20 heavy (non-hydrogen) atoms. The van der Waals surface area contributed by atoms with Gasteiger partial charge in [0.1, 0.15) is 0 Å². The fourth-order valence-electron chi connectivity index (χ4n) is 2.99. The molecule has 2 atom stereocenters. The Hall–Kier alpha value is -0.610. The Morgan fingerprint density at radius 1 is 1.35 bits per heavy atom. The molecule has 112 valence electrons. The normalized spacial score (nSPS) is 23.5. The van der Waals surface area contributed by atoms with Crippen molar-refractivity contribution in [3.8, 4) is 0 Å². The molecule has 1 fully saturated rings. The van der Waals surface area contributed by atoms with Crippen LogP contribution in [-0.4, -0.2) is 49.1 Å². The highest BCUT2D eigenvalue weighted by atomic mass is 35.5. The van der Waals surface area contributed by atoms with E-state index >= 15 is 0 Å². The average molecular weight is 296 g/mol. The molecule has 0 bridgehead atoms. The van der Waals surface area contributed by atoms with Crippen LogP contribution in [0.2, 0.25) is 5.02 Å². The Balaban J connectivity index is 1.89. The van der Waals surface area contributed by atoms with E-state index in [2.05, 4.69) is 23.8 Å². The summed E-state index contributed by atoms with van der Waals surface area (Å²) in [6, 6.07) is 8.53. The second kappa shape index (κ2) is 7.41. The Bertz CT molecular complexity index is 424. The largest absolute Gasteiger partial charge is 0.324 e. The van der Waals surface area contributed by atoms with Crippen LogP contribution in [0, 0.1) is 0 Å². The van der Waals surface area contributed by atoms with Gasteiger partial charge in [-0.15, -0.1) is 0 Å². The maximum atomic E-state index is 6.30. The SMILES string of the molecule is CC1CN(C)CCCN1CCC(N)c1ccccc1Cl. The summed E-state index contributed by atoms with van der Waals surface area (Å²) in [4.78, 5) is 4.97. The van der Waals surface area contributed by atoms with Gasteiger partial charge < -0.3 is 10.6 Å². The van der Waals surface area contributed by atoms with Crippen molar-refractivity contribution in [3.63, 3.8) is 0 Å². The Morgan fingerprint density at radius 3 is 2.85 bits per heavy atom. The van der Waals surface area contributed by atoms with Gasteiger partial charge in [-0.05, 0) is 51.5 Å². The molecule has 1 aromatic rings. The van der Waals surface area contributed by atoms with E-state index in [1.807, 2.05) is 24.3 Å². The summed E-state index contributed by atoms with van der Waals surface area (Å²) in [6.07, 6.45) is 2.19. The van der Waals surface area contributed by atoms with Gasteiger partial charge in [-0.2, -0.15) is 0 Å². The zero-order chi connectivity index (χ0) is 14.5. The van der Waals surface area contributed by atoms with Gasteiger partial charge >= 0.3 is 0 Å². The number of rotatable bonds is 4. The minimum absolute atomic E-state index is 0.0249. The molecular weight excluding hydrogens is 270 g/mol. The van der Waals surface area contributed by atoms with Crippen molar-refractivity contribution in [3.05, 3.63) is 34.9 Å². The summed E-state index contributed by atoms with van der Waals surface area (Å²) in [6.45, 7) is 6.85. The van der Waals surface area contributed by atoms with Gasteiger partial charge in [0.25, 0.3) is 0 Å². The summed E-state index contributed by atoms with van der Waals surface area (Å²) in [5.41, 5.74) is 7.37. The average Bonchev–Trinajstić information content (AvgIpc) is 2.57. The standard InChI is InChI=1S/C16H26ClN3/c1-13-12-19(2)9-5-10-20(13)11-8-16(18)14-6-3-4-7-15(14)17/h3-4,6-7,13,16H,5,8-12,18H2,1-2H3. The van der Waals surface area contributed by atoms with E-state index < -0.39 is 0 Å². The van der Waals surface area contributed by atoms with Crippen molar-refractivity contribution in [2.24, 2.45) is 5.73 Å². The fourth-order valence-corrected chi connectivity index (χ4v) is 3.27. The molecule has 0 radical (unpaired) electrons. The van der Waals surface area contributed by atoms with Gasteiger partial charge in [0.2, 0.25) is 0 Å². The first-order chi connectivity index (χ1) is 9.58. The topological polar surface area (TPSA) is 32.5 Å². The van der Waals surface area contributed by atoms with Crippen molar-refractivity contribution in [2.75, 3.05) is 33.2 Å². The van der Waals surface area contributed by atoms with E-state index in [0.29, 0.717) is 6.04 Å². The van der Waals surface area contributed by atoms with E-state index in [1.54, 1.807) is 0 Å². The zero-order valence-electron chi connectivity index (χ0n) is 12.6. The molecule has 3 nitrogen and oxygen atoms in total. The second-order valence-corrected chi connectivity index (χ2v) is 6.32. The monoisotopic (exact) mass is 295 g/mol. The van der Waals surface area contributed by atoms with Crippen molar-refractivity contribution in [1.29, 1.82) is 0 Å². The first-order valence-corrected chi connectivity index (χ1v) is 7.88. The Kier molecular flexibility index (Phi) is 5.85. The predicted octanol–water partition coefficient (Wildman–Crippen LogP) is 2.76. The molecule has 1 aliphatic heterocycles. The first kappa shape index (κ1) is 15.8. The van der Waals surface area contributed by atoms with Crippen LogP contribution in [0.15, 0.2) is 24.3 Å². The minimum atomic E-state index is 0.0249. The van der Waals surface area contributed by atoms with E-state index in [-0.39, 0.29) is 6.04 Å². The third-order valence-electron chi connectivity index (χ3n) is 4.22. The molecule has 0 spiro atoms. The van der Waals surface area contributed by atoms with Crippen LogP contribution in [0.3, 0.4) is 0 Å². The highest BCUT2D eigenvalue weighted by Crippen LogP contribution is 2.23. The fraction of sp³-hybridized carbons (Fsp3) is 0.625. The highest BCUT2D eigenvalue weighted by Gasteiger charge is 2.20. The molecule has 1 saturated heterocycles. The van der Waals surface area contributed by atoms with Crippen LogP contribution >= 0.6 is 11.6 Å². The third kappa shape index (κ3) is 4.19. The number of hydrogen-bond donors (Lipinski definition) is 1. The van der Waals surface area contributed by atoms with Crippen LogP contribution in [0.5, 0.6) is 0 Å². The number of nitrogens with two attached hydrogens (primary N) is 1. The lowest BCUT2D eigenvalue weighted by Crippen LogP contribution is -2.39. The maximum Gasteiger partial charge on any atom is 0.0453 e. The lowest BCUT2D eigenvalue weighted by molar-refractivity contribution is 0.196. The van der Waals surface area contributed by atoms with Gasteiger partial charge in [0.15, 0.2) is 0 Å². The van der Waals surface area contributed by atoms with Crippen molar-refractivity contribution in [1.82, 2.24) is 9.80 Å². The van der Waals surface area contributed by atoms with Gasteiger partial charge in [0.05, 0.1) is 0 Å². The highest BCUT2D eigenvalue weighted by molar-refractivity contribution is 6.31. The van der Waals surface area contributed by atoms with E-state index in [1.165, 1.54) is 19.5 Å². The van der Waals surface area contributed by atoms with E-state index in [4.69, 9.17) is 17.3 Å². The molecule has 0 aromatic heterocycles. The molecule has 4 heteroatoms. The molecule has 0 amide bonds. The summed E-state index contributed by atoms with van der Waals surface area (Å²) in [5.74, 6) is 0. The molecule has 1 aromatic carbocycles. The summed E-state index contributed by atoms with van der Waals surface area (Å²) in [5, 5.41) is 0.781. The summed E-state index contributed by atoms with van der Waals surface area (Å²) < 4.78 is 0. The van der Waals surface area contributed by atoms with Crippen LogP contribution in [0.25, 0.3) is 0 Å². The molecule has 2 unspecified atom stereocenters. The van der Waals surface area contributed by atoms with Crippen molar-refractivity contribution >= 4 is 11.6 Å².